The molecule has 0 atom stereocenters. The summed E-state index contributed by atoms with van der Waals surface area (Å²) in [4.78, 5) is 4.32. The van der Waals surface area contributed by atoms with Crippen molar-refractivity contribution in [3.8, 4) is 0 Å². The zero-order valence-electron chi connectivity index (χ0n) is 14.0. The fourth-order valence-corrected chi connectivity index (χ4v) is 3.86. The van der Waals surface area contributed by atoms with Crippen LogP contribution in [0.1, 0.15) is 29.8 Å². The summed E-state index contributed by atoms with van der Waals surface area (Å²) in [5.74, 6) is 4.27. The van der Waals surface area contributed by atoms with E-state index in [1.807, 2.05) is 18.8 Å². The van der Waals surface area contributed by atoms with Crippen molar-refractivity contribution in [1.82, 2.24) is 20.4 Å². The summed E-state index contributed by atoms with van der Waals surface area (Å²) in [6.45, 7) is 5.95. The summed E-state index contributed by atoms with van der Waals surface area (Å²) in [7, 11) is 3.81. The molecule has 1 saturated heterocycles. The Morgan fingerprint density at radius 1 is 1.32 bits per heavy atom. The van der Waals surface area contributed by atoms with E-state index in [4.69, 9.17) is 0 Å². The van der Waals surface area contributed by atoms with Crippen LogP contribution in [0.15, 0.2) is 4.99 Å². The number of hydrogen-bond acceptors (Lipinski definition) is 3. The van der Waals surface area contributed by atoms with Crippen molar-refractivity contribution in [1.29, 1.82) is 0 Å². The minimum Gasteiger partial charge on any atom is -0.356 e. The minimum atomic E-state index is 0. The highest BCUT2D eigenvalue weighted by atomic mass is 127. The Hall–Kier alpha value is -0.440. The zero-order chi connectivity index (χ0) is 15.2. The van der Waals surface area contributed by atoms with Crippen LogP contribution in [-0.4, -0.2) is 40.8 Å². The van der Waals surface area contributed by atoms with Crippen molar-refractivity contribution in [2.45, 2.75) is 33.2 Å². The molecule has 2 heterocycles. The first-order chi connectivity index (χ1) is 10.1. The topological polar surface area (TPSA) is 54.2 Å². The van der Waals surface area contributed by atoms with Crippen LogP contribution < -0.4 is 10.6 Å². The van der Waals surface area contributed by atoms with Gasteiger partial charge in [-0.05, 0) is 44.1 Å². The number of aliphatic imine (C=N–C) groups is 1. The van der Waals surface area contributed by atoms with Gasteiger partial charge in [0, 0.05) is 38.4 Å². The summed E-state index contributed by atoms with van der Waals surface area (Å²) in [5, 5.41) is 11.3. The van der Waals surface area contributed by atoms with Crippen LogP contribution in [0.2, 0.25) is 0 Å². The Morgan fingerprint density at radius 2 is 2.00 bits per heavy atom. The average molecular weight is 437 g/mol. The van der Waals surface area contributed by atoms with Gasteiger partial charge in [-0.2, -0.15) is 16.9 Å². The number of aryl methyl sites for hydroxylation is 2. The molecular weight excluding hydrogens is 409 g/mol. The number of guanidine groups is 1. The maximum absolute atomic E-state index is 4.45. The molecule has 0 spiro atoms. The average Bonchev–Trinajstić information content (AvgIpc) is 2.74. The Kier molecular flexibility index (Phi) is 8.59. The lowest BCUT2D eigenvalue weighted by molar-refractivity contribution is 0.479. The van der Waals surface area contributed by atoms with Gasteiger partial charge in [-0.3, -0.25) is 9.67 Å². The maximum Gasteiger partial charge on any atom is 0.191 e. The van der Waals surface area contributed by atoms with E-state index in [1.165, 1.54) is 35.6 Å². The molecule has 0 amide bonds. The van der Waals surface area contributed by atoms with Gasteiger partial charge in [0.1, 0.15) is 0 Å². The Morgan fingerprint density at radius 3 is 2.55 bits per heavy atom. The van der Waals surface area contributed by atoms with Gasteiger partial charge in [0.05, 0.1) is 5.69 Å². The highest BCUT2D eigenvalue weighted by Gasteiger charge is 2.14. The first kappa shape index (κ1) is 19.6. The molecule has 22 heavy (non-hydrogen) atoms. The summed E-state index contributed by atoms with van der Waals surface area (Å²) >= 11 is 2.07. The molecule has 0 aliphatic carbocycles. The molecule has 0 radical (unpaired) electrons. The predicted octanol–water partition coefficient (Wildman–Crippen LogP) is 2.46. The van der Waals surface area contributed by atoms with Crippen LogP contribution >= 0.6 is 35.7 Å². The van der Waals surface area contributed by atoms with Gasteiger partial charge in [0.2, 0.25) is 0 Å². The second-order valence-electron chi connectivity index (χ2n) is 5.64. The first-order valence-corrected chi connectivity index (χ1v) is 8.78. The zero-order valence-corrected chi connectivity index (χ0v) is 17.1. The van der Waals surface area contributed by atoms with E-state index in [-0.39, 0.29) is 24.0 Å². The SMILES string of the molecule is CN=C(NCc1c(C)nn(C)c1C)NCC1CCSCC1.I. The summed E-state index contributed by atoms with van der Waals surface area (Å²) < 4.78 is 1.93. The number of nitrogens with one attached hydrogen (secondary N) is 2. The molecule has 1 aliphatic heterocycles. The van der Waals surface area contributed by atoms with Crippen LogP contribution in [0.5, 0.6) is 0 Å². The maximum atomic E-state index is 4.45. The summed E-state index contributed by atoms with van der Waals surface area (Å²) in [6.07, 6.45) is 2.63. The molecule has 1 aliphatic rings. The van der Waals surface area contributed by atoms with Gasteiger partial charge in [0.25, 0.3) is 0 Å². The molecule has 1 aromatic rings. The van der Waals surface area contributed by atoms with Crippen molar-refractivity contribution < 1.29 is 0 Å². The lowest BCUT2D eigenvalue weighted by Crippen LogP contribution is -2.40. The molecule has 0 saturated carbocycles. The lowest BCUT2D eigenvalue weighted by atomic mass is 10.0. The third-order valence-electron chi connectivity index (χ3n) is 4.21. The van der Waals surface area contributed by atoms with Gasteiger partial charge in [-0.1, -0.05) is 0 Å². The summed E-state index contributed by atoms with van der Waals surface area (Å²) in [6, 6.07) is 0. The van der Waals surface area contributed by atoms with Crippen LogP contribution in [0, 0.1) is 19.8 Å². The fourth-order valence-electron chi connectivity index (χ4n) is 2.66. The van der Waals surface area contributed by atoms with Gasteiger partial charge < -0.3 is 10.6 Å². The van der Waals surface area contributed by atoms with E-state index < -0.39 is 0 Å². The van der Waals surface area contributed by atoms with Gasteiger partial charge in [-0.25, -0.2) is 0 Å². The van der Waals surface area contributed by atoms with Crippen molar-refractivity contribution >= 4 is 41.7 Å². The highest BCUT2D eigenvalue weighted by molar-refractivity contribution is 14.0. The van der Waals surface area contributed by atoms with E-state index in [1.54, 1.807) is 0 Å². The van der Waals surface area contributed by atoms with Gasteiger partial charge in [0.15, 0.2) is 5.96 Å². The lowest BCUT2D eigenvalue weighted by Gasteiger charge is -2.22. The fraction of sp³-hybridized carbons (Fsp3) is 0.733. The van der Waals surface area contributed by atoms with E-state index >= 15 is 0 Å². The van der Waals surface area contributed by atoms with Crippen molar-refractivity contribution in [3.05, 3.63) is 17.0 Å². The number of thioether (sulfide) groups is 1. The van der Waals surface area contributed by atoms with E-state index in [2.05, 4.69) is 46.3 Å². The molecule has 0 aromatic carbocycles. The number of hydrogen-bond donors (Lipinski definition) is 2. The number of halogens is 1. The molecule has 7 heteroatoms. The smallest absolute Gasteiger partial charge is 0.191 e. The first-order valence-electron chi connectivity index (χ1n) is 7.63. The standard InChI is InChI=1S/C15H27N5S.HI/c1-11-14(12(2)20(4)19-11)10-18-15(16-3)17-9-13-5-7-21-8-6-13;/h13H,5-10H2,1-4H3,(H2,16,17,18);1H. The molecule has 5 nitrogen and oxygen atoms in total. The Labute approximate surface area is 155 Å². The Bertz CT molecular complexity index is 494. The molecule has 1 fully saturated rings. The van der Waals surface area contributed by atoms with Crippen LogP contribution in [0.4, 0.5) is 0 Å². The summed E-state index contributed by atoms with van der Waals surface area (Å²) in [5.41, 5.74) is 3.55. The predicted molar refractivity (Wildman–Crippen MR) is 106 cm³/mol. The molecule has 1 aromatic heterocycles. The van der Waals surface area contributed by atoms with Crippen LogP contribution in [0.25, 0.3) is 0 Å². The Balaban J connectivity index is 0.00000242. The van der Waals surface area contributed by atoms with Crippen molar-refractivity contribution in [2.75, 3.05) is 25.1 Å². The molecule has 2 N–H and O–H groups in total. The van der Waals surface area contributed by atoms with Crippen molar-refractivity contribution in [3.63, 3.8) is 0 Å². The largest absolute Gasteiger partial charge is 0.356 e. The normalized spacial score (nSPS) is 16.3. The highest BCUT2D eigenvalue weighted by Crippen LogP contribution is 2.21. The van der Waals surface area contributed by atoms with Crippen molar-refractivity contribution in [2.24, 2.45) is 18.0 Å². The van der Waals surface area contributed by atoms with Crippen LogP contribution in [-0.2, 0) is 13.6 Å². The number of aromatic nitrogens is 2. The second-order valence-corrected chi connectivity index (χ2v) is 6.86. The van der Waals surface area contributed by atoms with Crippen LogP contribution in [0.3, 0.4) is 0 Å². The third-order valence-corrected chi connectivity index (χ3v) is 5.26. The number of rotatable bonds is 4. The van der Waals surface area contributed by atoms with E-state index in [0.29, 0.717) is 0 Å². The number of nitrogens with zero attached hydrogens (tertiary/aromatic N) is 3. The van der Waals surface area contributed by atoms with E-state index in [9.17, 15) is 0 Å². The second kappa shape index (κ2) is 9.64. The molecule has 126 valence electrons. The van der Waals surface area contributed by atoms with E-state index in [0.717, 1.165) is 30.7 Å². The third kappa shape index (κ3) is 5.33. The van der Waals surface area contributed by atoms with Gasteiger partial charge in [-0.15, -0.1) is 24.0 Å². The quantitative estimate of drug-likeness (QED) is 0.432. The molecule has 0 unspecified atom stereocenters. The molecular formula is C15H28IN5S. The molecule has 2 rings (SSSR count). The minimum absolute atomic E-state index is 0. The molecule has 0 bridgehead atoms. The van der Waals surface area contributed by atoms with Gasteiger partial charge >= 0.3 is 0 Å². The monoisotopic (exact) mass is 437 g/mol.